The highest BCUT2D eigenvalue weighted by Crippen LogP contribution is 2.25. The average molecular weight is 255 g/mol. The van der Waals surface area contributed by atoms with Gasteiger partial charge in [0.2, 0.25) is 5.91 Å². The fourth-order valence-corrected chi connectivity index (χ4v) is 2.41. The molecule has 2 heterocycles. The maximum atomic E-state index is 11.7. The van der Waals surface area contributed by atoms with Crippen molar-refractivity contribution in [2.45, 2.75) is 32.0 Å². The normalized spacial score (nSPS) is 31.7. The Morgan fingerprint density at radius 1 is 1.44 bits per heavy atom. The summed E-state index contributed by atoms with van der Waals surface area (Å²) in [6.07, 6.45) is 0.662. The van der Waals surface area contributed by atoms with Crippen LogP contribution in [0.25, 0.3) is 0 Å². The summed E-state index contributed by atoms with van der Waals surface area (Å²) in [5, 5.41) is 5.31. The zero-order chi connectivity index (χ0) is 13.3. The van der Waals surface area contributed by atoms with E-state index in [9.17, 15) is 14.4 Å². The van der Waals surface area contributed by atoms with Crippen molar-refractivity contribution in [1.29, 1.82) is 0 Å². The Kier molecular flexibility index (Phi) is 3.51. The van der Waals surface area contributed by atoms with Gasteiger partial charge in [-0.15, -0.1) is 0 Å². The van der Waals surface area contributed by atoms with Gasteiger partial charge in [0.1, 0.15) is 6.04 Å². The van der Waals surface area contributed by atoms with E-state index in [4.69, 9.17) is 4.74 Å². The minimum Gasteiger partial charge on any atom is -0.465 e. The number of hydrogen-bond donors (Lipinski definition) is 2. The van der Waals surface area contributed by atoms with Crippen LogP contribution < -0.4 is 10.6 Å². The Morgan fingerprint density at radius 2 is 2.17 bits per heavy atom. The molecule has 2 fully saturated rings. The summed E-state index contributed by atoms with van der Waals surface area (Å²) in [7, 11) is 1.60. The molecule has 0 spiro atoms. The molecule has 0 aromatic carbocycles. The molecule has 100 valence electrons. The SMILES string of the molecule is CCOC(=O)C1CCC2C(=O)NC(=O)N(C)C2N1. The van der Waals surface area contributed by atoms with Gasteiger partial charge in [0.25, 0.3) is 0 Å². The first-order valence-corrected chi connectivity index (χ1v) is 6.05. The highest BCUT2D eigenvalue weighted by Gasteiger charge is 2.44. The van der Waals surface area contributed by atoms with Crippen LogP contribution in [-0.2, 0) is 14.3 Å². The molecule has 2 saturated heterocycles. The van der Waals surface area contributed by atoms with Crippen LogP contribution >= 0.6 is 0 Å². The van der Waals surface area contributed by atoms with Gasteiger partial charge < -0.3 is 9.64 Å². The quantitative estimate of drug-likeness (QED) is 0.645. The number of carbonyl (C=O) groups is 3. The van der Waals surface area contributed by atoms with Gasteiger partial charge in [0.05, 0.1) is 18.7 Å². The van der Waals surface area contributed by atoms with Crippen molar-refractivity contribution in [2.75, 3.05) is 13.7 Å². The van der Waals surface area contributed by atoms with Crippen molar-refractivity contribution in [3.05, 3.63) is 0 Å². The van der Waals surface area contributed by atoms with Gasteiger partial charge >= 0.3 is 12.0 Å². The predicted octanol–water partition coefficient (Wildman–Crippen LogP) is -0.575. The van der Waals surface area contributed by atoms with Crippen LogP contribution in [0.4, 0.5) is 4.79 Å². The number of hydrogen-bond acceptors (Lipinski definition) is 5. The molecule has 18 heavy (non-hydrogen) atoms. The van der Waals surface area contributed by atoms with Crippen LogP contribution in [0.5, 0.6) is 0 Å². The molecule has 0 saturated carbocycles. The summed E-state index contributed by atoms with van der Waals surface area (Å²) in [6.45, 7) is 2.06. The number of rotatable bonds is 2. The maximum absolute atomic E-state index is 11.7. The van der Waals surface area contributed by atoms with E-state index < -0.39 is 18.2 Å². The molecule has 3 atom stereocenters. The molecule has 0 bridgehead atoms. The number of fused-ring (bicyclic) bond motifs is 1. The number of piperidine rings is 1. The van der Waals surface area contributed by atoms with Crippen molar-refractivity contribution in [2.24, 2.45) is 5.92 Å². The third-order valence-corrected chi connectivity index (χ3v) is 3.40. The lowest BCUT2D eigenvalue weighted by molar-refractivity contribution is -0.149. The summed E-state index contributed by atoms with van der Waals surface area (Å²) < 4.78 is 4.94. The summed E-state index contributed by atoms with van der Waals surface area (Å²) in [4.78, 5) is 36.2. The van der Waals surface area contributed by atoms with Crippen molar-refractivity contribution in [3.8, 4) is 0 Å². The minimum atomic E-state index is -0.452. The predicted molar refractivity (Wildman–Crippen MR) is 61.4 cm³/mol. The monoisotopic (exact) mass is 255 g/mol. The molecule has 2 rings (SSSR count). The van der Waals surface area contributed by atoms with Crippen LogP contribution in [0, 0.1) is 5.92 Å². The van der Waals surface area contributed by atoms with Gasteiger partial charge in [-0.05, 0) is 19.8 Å². The van der Waals surface area contributed by atoms with E-state index in [-0.39, 0.29) is 17.8 Å². The van der Waals surface area contributed by atoms with E-state index in [1.54, 1.807) is 14.0 Å². The second kappa shape index (κ2) is 4.93. The Hall–Kier alpha value is -1.63. The number of carbonyl (C=O) groups excluding carboxylic acids is 3. The van der Waals surface area contributed by atoms with E-state index in [1.807, 2.05) is 0 Å². The average Bonchev–Trinajstić information content (AvgIpc) is 2.36. The first-order valence-electron chi connectivity index (χ1n) is 6.05. The van der Waals surface area contributed by atoms with Gasteiger partial charge in [0.15, 0.2) is 0 Å². The molecule has 0 aromatic rings. The highest BCUT2D eigenvalue weighted by molar-refractivity contribution is 5.98. The Bertz CT molecular complexity index is 384. The van der Waals surface area contributed by atoms with Gasteiger partial charge in [-0.25, -0.2) is 4.79 Å². The minimum absolute atomic E-state index is 0.280. The first kappa shape index (κ1) is 12.8. The number of esters is 1. The van der Waals surface area contributed by atoms with Crippen molar-refractivity contribution >= 4 is 17.9 Å². The molecular weight excluding hydrogens is 238 g/mol. The number of nitrogens with one attached hydrogen (secondary N) is 2. The second-order valence-corrected chi connectivity index (χ2v) is 4.51. The van der Waals surface area contributed by atoms with Gasteiger partial charge in [-0.2, -0.15) is 0 Å². The zero-order valence-electron chi connectivity index (χ0n) is 10.4. The first-order chi connectivity index (χ1) is 8.54. The lowest BCUT2D eigenvalue weighted by Crippen LogP contribution is -2.68. The molecule has 2 aliphatic rings. The summed E-state index contributed by atoms with van der Waals surface area (Å²) in [5.41, 5.74) is 0. The highest BCUT2D eigenvalue weighted by atomic mass is 16.5. The molecule has 2 N–H and O–H groups in total. The summed E-state index contributed by atoms with van der Waals surface area (Å²) in [6, 6.07) is -0.898. The van der Waals surface area contributed by atoms with E-state index in [0.717, 1.165) is 0 Å². The number of imide groups is 1. The van der Waals surface area contributed by atoms with Gasteiger partial charge in [-0.3, -0.25) is 20.2 Å². The molecule has 7 nitrogen and oxygen atoms in total. The van der Waals surface area contributed by atoms with Crippen LogP contribution in [0.15, 0.2) is 0 Å². The Morgan fingerprint density at radius 3 is 2.83 bits per heavy atom. The Balaban J connectivity index is 2.08. The number of urea groups is 1. The number of ether oxygens (including phenoxy) is 1. The zero-order valence-corrected chi connectivity index (χ0v) is 10.4. The molecule has 2 aliphatic heterocycles. The maximum Gasteiger partial charge on any atom is 0.325 e. The third kappa shape index (κ3) is 2.17. The molecule has 7 heteroatoms. The molecule has 3 amide bonds. The summed E-state index contributed by atoms with van der Waals surface area (Å²) >= 11 is 0. The van der Waals surface area contributed by atoms with Crippen molar-refractivity contribution < 1.29 is 19.1 Å². The fraction of sp³-hybridized carbons (Fsp3) is 0.727. The van der Waals surface area contributed by atoms with Crippen molar-refractivity contribution in [3.63, 3.8) is 0 Å². The topological polar surface area (TPSA) is 87.7 Å². The van der Waals surface area contributed by atoms with E-state index >= 15 is 0 Å². The fourth-order valence-electron chi connectivity index (χ4n) is 2.41. The lowest BCUT2D eigenvalue weighted by atomic mass is 9.89. The van der Waals surface area contributed by atoms with Crippen molar-refractivity contribution in [1.82, 2.24) is 15.5 Å². The molecule has 0 aliphatic carbocycles. The van der Waals surface area contributed by atoms with E-state index in [0.29, 0.717) is 19.4 Å². The number of nitrogens with zero attached hydrogens (tertiary/aromatic N) is 1. The van der Waals surface area contributed by atoms with E-state index in [1.165, 1.54) is 4.90 Å². The number of amides is 3. The third-order valence-electron chi connectivity index (χ3n) is 3.40. The molecule has 0 radical (unpaired) electrons. The van der Waals surface area contributed by atoms with Crippen LogP contribution in [0.2, 0.25) is 0 Å². The van der Waals surface area contributed by atoms with Crippen LogP contribution in [0.1, 0.15) is 19.8 Å². The lowest BCUT2D eigenvalue weighted by Gasteiger charge is -2.43. The smallest absolute Gasteiger partial charge is 0.325 e. The summed E-state index contributed by atoms with van der Waals surface area (Å²) in [5.74, 6) is -0.918. The van der Waals surface area contributed by atoms with E-state index in [2.05, 4.69) is 10.6 Å². The Labute approximate surface area is 105 Å². The molecule has 3 unspecified atom stereocenters. The second-order valence-electron chi connectivity index (χ2n) is 4.51. The standard InChI is InChI=1S/C11H17N3O4/c1-3-18-10(16)7-5-4-6-8(12-7)14(2)11(17)13-9(6)15/h6-8,12H,3-5H2,1-2H3,(H,13,15,17). The van der Waals surface area contributed by atoms with Gasteiger partial charge in [-0.1, -0.05) is 0 Å². The van der Waals surface area contributed by atoms with Gasteiger partial charge in [0, 0.05) is 7.05 Å². The molecular formula is C11H17N3O4. The molecule has 0 aromatic heterocycles. The van der Waals surface area contributed by atoms with Crippen LogP contribution in [0.3, 0.4) is 0 Å². The van der Waals surface area contributed by atoms with Crippen LogP contribution in [-0.4, -0.2) is 48.7 Å². The largest absolute Gasteiger partial charge is 0.465 e.